The van der Waals surface area contributed by atoms with E-state index in [1.54, 1.807) is 11.3 Å². The zero-order valence-electron chi connectivity index (χ0n) is 14.4. The van der Waals surface area contributed by atoms with Crippen LogP contribution in [-0.4, -0.2) is 26.1 Å². The lowest BCUT2D eigenvalue weighted by atomic mass is 10.1. The Labute approximate surface area is 160 Å². The topological polar surface area (TPSA) is 72.7 Å². The SMILES string of the molecule is O=C(Cn1nnc(-c2ccccc2)n1)NC(c1ccccc1)c1cccs1. The van der Waals surface area contributed by atoms with Crippen molar-refractivity contribution in [2.45, 2.75) is 12.6 Å². The summed E-state index contributed by atoms with van der Waals surface area (Å²) in [6.45, 7) is 0.00847. The van der Waals surface area contributed by atoms with Crippen LogP contribution in [0.15, 0.2) is 78.2 Å². The molecule has 1 amide bonds. The van der Waals surface area contributed by atoms with Crippen molar-refractivity contribution in [3.05, 3.63) is 88.6 Å². The van der Waals surface area contributed by atoms with Crippen LogP contribution >= 0.6 is 11.3 Å². The maximum absolute atomic E-state index is 12.6. The number of thiophene rings is 1. The molecule has 27 heavy (non-hydrogen) atoms. The molecule has 6 nitrogen and oxygen atoms in total. The van der Waals surface area contributed by atoms with Crippen molar-refractivity contribution in [2.24, 2.45) is 0 Å². The minimum absolute atomic E-state index is 0.00847. The Hall–Kier alpha value is -3.32. The Morgan fingerprint density at radius 1 is 1.00 bits per heavy atom. The lowest BCUT2D eigenvalue weighted by molar-refractivity contribution is -0.122. The smallest absolute Gasteiger partial charge is 0.244 e. The minimum atomic E-state index is -0.198. The van der Waals surface area contributed by atoms with Gasteiger partial charge in [-0.3, -0.25) is 4.79 Å². The second kappa shape index (κ2) is 7.92. The summed E-state index contributed by atoms with van der Waals surface area (Å²) in [5, 5.41) is 17.4. The van der Waals surface area contributed by atoms with Crippen molar-refractivity contribution in [1.82, 2.24) is 25.5 Å². The fraction of sp³-hybridized carbons (Fsp3) is 0.100. The van der Waals surface area contributed by atoms with Crippen molar-refractivity contribution in [3.63, 3.8) is 0 Å². The third kappa shape index (κ3) is 4.09. The van der Waals surface area contributed by atoms with E-state index in [-0.39, 0.29) is 18.5 Å². The second-order valence-electron chi connectivity index (χ2n) is 5.94. The molecule has 0 fully saturated rings. The molecule has 0 aliphatic heterocycles. The number of carbonyl (C=O) groups is 1. The summed E-state index contributed by atoms with van der Waals surface area (Å²) in [5.74, 6) is 0.329. The summed E-state index contributed by atoms with van der Waals surface area (Å²) in [7, 11) is 0. The second-order valence-corrected chi connectivity index (χ2v) is 6.92. The molecular formula is C20H17N5OS. The number of nitrogens with zero attached hydrogens (tertiary/aromatic N) is 4. The quantitative estimate of drug-likeness (QED) is 0.561. The maximum Gasteiger partial charge on any atom is 0.244 e. The van der Waals surface area contributed by atoms with Gasteiger partial charge < -0.3 is 5.32 Å². The van der Waals surface area contributed by atoms with Crippen molar-refractivity contribution < 1.29 is 4.79 Å². The van der Waals surface area contributed by atoms with E-state index < -0.39 is 0 Å². The summed E-state index contributed by atoms with van der Waals surface area (Å²) < 4.78 is 0. The first-order valence-corrected chi connectivity index (χ1v) is 9.38. The van der Waals surface area contributed by atoms with Crippen LogP contribution in [0.3, 0.4) is 0 Å². The molecule has 1 atom stereocenters. The Kier molecular flexibility index (Phi) is 5.02. The third-order valence-corrected chi connectivity index (χ3v) is 4.97. The monoisotopic (exact) mass is 375 g/mol. The molecular weight excluding hydrogens is 358 g/mol. The number of hydrogen-bond donors (Lipinski definition) is 1. The van der Waals surface area contributed by atoms with Gasteiger partial charge in [0.25, 0.3) is 0 Å². The number of tetrazole rings is 1. The first kappa shape index (κ1) is 17.1. The average Bonchev–Trinajstić information content (AvgIpc) is 3.40. The first-order chi connectivity index (χ1) is 13.3. The summed E-state index contributed by atoms with van der Waals surface area (Å²) >= 11 is 1.61. The molecule has 0 saturated heterocycles. The normalized spacial score (nSPS) is 11.9. The molecule has 0 aliphatic rings. The Balaban J connectivity index is 1.49. The van der Waals surface area contributed by atoms with E-state index in [0.717, 1.165) is 16.0 Å². The lowest BCUT2D eigenvalue weighted by Gasteiger charge is -2.17. The van der Waals surface area contributed by atoms with E-state index in [4.69, 9.17) is 0 Å². The first-order valence-electron chi connectivity index (χ1n) is 8.50. The molecule has 0 aliphatic carbocycles. The number of amides is 1. The number of aromatic nitrogens is 4. The predicted octanol–water partition coefficient (Wildman–Crippen LogP) is 3.31. The minimum Gasteiger partial charge on any atom is -0.343 e. The van der Waals surface area contributed by atoms with Gasteiger partial charge >= 0.3 is 0 Å². The van der Waals surface area contributed by atoms with E-state index in [1.165, 1.54) is 4.80 Å². The van der Waals surface area contributed by atoms with Crippen LogP contribution in [0, 0.1) is 0 Å². The largest absolute Gasteiger partial charge is 0.343 e. The number of carbonyl (C=O) groups excluding carboxylic acids is 1. The van der Waals surface area contributed by atoms with E-state index in [0.29, 0.717) is 5.82 Å². The molecule has 4 aromatic rings. The maximum atomic E-state index is 12.6. The van der Waals surface area contributed by atoms with Gasteiger partial charge in [0, 0.05) is 10.4 Å². The van der Waals surface area contributed by atoms with Gasteiger partial charge in [-0.15, -0.1) is 21.5 Å². The van der Waals surface area contributed by atoms with Crippen LogP contribution in [0.4, 0.5) is 0 Å². The molecule has 2 aromatic carbocycles. The molecule has 134 valence electrons. The van der Waals surface area contributed by atoms with Crippen molar-refractivity contribution in [3.8, 4) is 11.4 Å². The fourth-order valence-corrected chi connectivity index (χ4v) is 3.57. The standard InChI is InChI=1S/C20H17N5OS/c26-18(14-25-23-20(22-24-25)16-10-5-2-6-11-16)21-19(17-12-7-13-27-17)15-8-3-1-4-9-15/h1-13,19H,14H2,(H,21,26). The van der Waals surface area contributed by atoms with Gasteiger partial charge in [0.1, 0.15) is 6.54 Å². The molecule has 1 N–H and O–H groups in total. The van der Waals surface area contributed by atoms with E-state index in [2.05, 4.69) is 20.7 Å². The number of rotatable bonds is 6. The van der Waals surface area contributed by atoms with Gasteiger partial charge in [0.05, 0.1) is 6.04 Å². The highest BCUT2D eigenvalue weighted by molar-refractivity contribution is 7.10. The highest BCUT2D eigenvalue weighted by atomic mass is 32.1. The van der Waals surface area contributed by atoms with Gasteiger partial charge in [0.2, 0.25) is 11.7 Å². The van der Waals surface area contributed by atoms with Gasteiger partial charge in [-0.25, -0.2) is 0 Å². The van der Waals surface area contributed by atoms with Crippen LogP contribution in [0.25, 0.3) is 11.4 Å². The number of benzene rings is 2. The average molecular weight is 375 g/mol. The van der Waals surface area contributed by atoms with Crippen LogP contribution in [-0.2, 0) is 11.3 Å². The zero-order chi connectivity index (χ0) is 18.5. The summed E-state index contributed by atoms with van der Waals surface area (Å²) in [6, 6.07) is 23.3. The van der Waals surface area contributed by atoms with Gasteiger partial charge in [-0.1, -0.05) is 66.7 Å². The molecule has 0 saturated carbocycles. The molecule has 2 heterocycles. The van der Waals surface area contributed by atoms with Crippen LogP contribution in [0.5, 0.6) is 0 Å². The Morgan fingerprint density at radius 2 is 1.74 bits per heavy atom. The highest BCUT2D eigenvalue weighted by Gasteiger charge is 2.18. The van der Waals surface area contributed by atoms with Crippen molar-refractivity contribution >= 4 is 17.2 Å². The number of nitrogens with one attached hydrogen (secondary N) is 1. The molecule has 1 unspecified atom stereocenters. The molecule has 0 spiro atoms. The van der Waals surface area contributed by atoms with Crippen LogP contribution in [0.2, 0.25) is 0 Å². The highest BCUT2D eigenvalue weighted by Crippen LogP contribution is 2.25. The molecule has 2 aromatic heterocycles. The Morgan fingerprint density at radius 3 is 2.44 bits per heavy atom. The van der Waals surface area contributed by atoms with Gasteiger partial charge in [0.15, 0.2) is 0 Å². The van der Waals surface area contributed by atoms with Crippen molar-refractivity contribution in [1.29, 1.82) is 0 Å². The molecule has 0 bridgehead atoms. The molecule has 4 rings (SSSR count). The molecule has 7 heteroatoms. The van der Waals surface area contributed by atoms with E-state index >= 15 is 0 Å². The summed E-state index contributed by atoms with van der Waals surface area (Å²) in [4.78, 5) is 15.0. The summed E-state index contributed by atoms with van der Waals surface area (Å²) in [5.41, 5.74) is 1.90. The predicted molar refractivity (Wildman–Crippen MR) is 104 cm³/mol. The van der Waals surface area contributed by atoms with Gasteiger partial charge in [-0.05, 0) is 22.2 Å². The van der Waals surface area contributed by atoms with Crippen LogP contribution in [0.1, 0.15) is 16.5 Å². The van der Waals surface area contributed by atoms with E-state index in [1.807, 2.05) is 78.2 Å². The number of hydrogen-bond acceptors (Lipinski definition) is 5. The lowest BCUT2D eigenvalue weighted by Crippen LogP contribution is -2.32. The zero-order valence-corrected chi connectivity index (χ0v) is 15.2. The van der Waals surface area contributed by atoms with Crippen LogP contribution < -0.4 is 5.32 Å². The third-order valence-electron chi connectivity index (χ3n) is 4.04. The van der Waals surface area contributed by atoms with Gasteiger partial charge in [-0.2, -0.15) is 4.80 Å². The van der Waals surface area contributed by atoms with Crippen molar-refractivity contribution in [2.75, 3.05) is 0 Å². The Bertz CT molecular complexity index is 999. The summed E-state index contributed by atoms with van der Waals surface area (Å²) in [6.07, 6.45) is 0. The molecule has 0 radical (unpaired) electrons. The fourth-order valence-electron chi connectivity index (χ4n) is 2.77. The van der Waals surface area contributed by atoms with E-state index in [9.17, 15) is 4.79 Å².